The van der Waals surface area contributed by atoms with E-state index in [0.29, 0.717) is 0 Å². The number of rotatable bonds is 5. The third kappa shape index (κ3) is 3.56. The molecule has 2 N–H and O–H groups in total. The standard InChI is InChI=1S/C10H11N3O4/c1-2-5-13(6-9(15)16)10(17)7-3-4-8(14)12-11-7/h2-4H,1,5-6H2,(H,12,14)(H,15,16). The molecule has 0 atom stereocenters. The van der Waals surface area contributed by atoms with Crippen LogP contribution in [0.5, 0.6) is 0 Å². The summed E-state index contributed by atoms with van der Waals surface area (Å²) in [5.74, 6) is -1.71. The number of hydrogen-bond acceptors (Lipinski definition) is 4. The fourth-order valence-electron chi connectivity index (χ4n) is 1.16. The lowest BCUT2D eigenvalue weighted by Gasteiger charge is -2.17. The molecule has 7 nitrogen and oxygen atoms in total. The summed E-state index contributed by atoms with van der Waals surface area (Å²) in [6.07, 6.45) is 1.41. The highest BCUT2D eigenvalue weighted by Crippen LogP contribution is 1.99. The van der Waals surface area contributed by atoms with Crippen LogP contribution in [-0.2, 0) is 4.79 Å². The van der Waals surface area contributed by atoms with Crippen molar-refractivity contribution < 1.29 is 14.7 Å². The lowest BCUT2D eigenvalue weighted by Crippen LogP contribution is -2.36. The summed E-state index contributed by atoms with van der Waals surface area (Å²) in [5, 5.41) is 14.3. The zero-order valence-corrected chi connectivity index (χ0v) is 8.92. The molecule has 0 aliphatic rings. The monoisotopic (exact) mass is 237 g/mol. The molecule has 0 saturated carbocycles. The minimum atomic E-state index is -1.13. The molecule has 0 radical (unpaired) electrons. The van der Waals surface area contributed by atoms with Gasteiger partial charge in [-0.15, -0.1) is 6.58 Å². The van der Waals surface area contributed by atoms with E-state index in [2.05, 4.69) is 16.8 Å². The highest BCUT2D eigenvalue weighted by atomic mass is 16.4. The molecule has 1 heterocycles. The maximum absolute atomic E-state index is 11.8. The van der Waals surface area contributed by atoms with Crippen LogP contribution in [0, 0.1) is 0 Å². The second kappa shape index (κ2) is 5.59. The number of aliphatic carboxylic acids is 1. The van der Waals surface area contributed by atoms with Crippen LogP contribution in [0.15, 0.2) is 29.6 Å². The number of nitrogens with one attached hydrogen (secondary N) is 1. The van der Waals surface area contributed by atoms with Crippen molar-refractivity contribution in [3.05, 3.63) is 40.8 Å². The number of hydrogen-bond donors (Lipinski definition) is 2. The molecule has 0 aromatic carbocycles. The van der Waals surface area contributed by atoms with E-state index in [1.807, 2.05) is 0 Å². The van der Waals surface area contributed by atoms with E-state index in [0.717, 1.165) is 11.0 Å². The smallest absolute Gasteiger partial charge is 0.323 e. The Morgan fingerprint density at radius 2 is 2.24 bits per heavy atom. The Labute approximate surface area is 96.4 Å². The van der Waals surface area contributed by atoms with Gasteiger partial charge in [0.25, 0.3) is 11.5 Å². The van der Waals surface area contributed by atoms with Crippen molar-refractivity contribution in [2.45, 2.75) is 0 Å². The van der Waals surface area contributed by atoms with Crippen LogP contribution in [0.3, 0.4) is 0 Å². The lowest BCUT2D eigenvalue weighted by atomic mass is 10.3. The number of carbonyl (C=O) groups is 2. The Kier molecular flexibility index (Phi) is 4.15. The van der Waals surface area contributed by atoms with Gasteiger partial charge in [0.05, 0.1) is 0 Å². The molecule has 1 amide bonds. The molecule has 0 aliphatic heterocycles. The van der Waals surface area contributed by atoms with E-state index in [4.69, 9.17) is 5.11 Å². The molecule has 1 aromatic rings. The Morgan fingerprint density at radius 1 is 1.53 bits per heavy atom. The summed E-state index contributed by atoms with van der Waals surface area (Å²) in [6.45, 7) is 3.07. The third-order valence-electron chi connectivity index (χ3n) is 1.86. The van der Waals surface area contributed by atoms with Gasteiger partial charge in [-0.2, -0.15) is 5.10 Å². The molecule has 0 saturated heterocycles. The topological polar surface area (TPSA) is 103 Å². The molecule has 0 spiro atoms. The van der Waals surface area contributed by atoms with E-state index in [9.17, 15) is 14.4 Å². The number of carboxylic acid groups (broad SMARTS) is 1. The number of carboxylic acids is 1. The van der Waals surface area contributed by atoms with Crippen LogP contribution in [0.4, 0.5) is 0 Å². The van der Waals surface area contributed by atoms with Crippen LogP contribution in [0.25, 0.3) is 0 Å². The maximum Gasteiger partial charge on any atom is 0.323 e. The van der Waals surface area contributed by atoms with E-state index < -0.39 is 24.0 Å². The first-order chi connectivity index (χ1) is 8.04. The van der Waals surface area contributed by atoms with Crippen LogP contribution >= 0.6 is 0 Å². The number of H-pyrrole nitrogens is 1. The Morgan fingerprint density at radius 3 is 2.71 bits per heavy atom. The van der Waals surface area contributed by atoms with Gasteiger partial charge in [-0.3, -0.25) is 14.4 Å². The van der Waals surface area contributed by atoms with Gasteiger partial charge in [-0.25, -0.2) is 5.10 Å². The van der Waals surface area contributed by atoms with Crippen LogP contribution in [0.1, 0.15) is 10.5 Å². The van der Waals surface area contributed by atoms with Gasteiger partial charge in [0.1, 0.15) is 12.2 Å². The highest BCUT2D eigenvalue weighted by molar-refractivity contribution is 5.94. The van der Waals surface area contributed by atoms with E-state index in [1.54, 1.807) is 0 Å². The van der Waals surface area contributed by atoms with Crippen molar-refractivity contribution in [2.24, 2.45) is 0 Å². The van der Waals surface area contributed by atoms with Crippen LogP contribution in [0.2, 0.25) is 0 Å². The average molecular weight is 237 g/mol. The van der Waals surface area contributed by atoms with Crippen LogP contribution < -0.4 is 5.56 Å². The zero-order valence-electron chi connectivity index (χ0n) is 8.92. The minimum Gasteiger partial charge on any atom is -0.480 e. The van der Waals surface area contributed by atoms with Crippen molar-refractivity contribution >= 4 is 11.9 Å². The molecular formula is C10H11N3O4. The van der Waals surface area contributed by atoms with Gasteiger partial charge in [0.15, 0.2) is 0 Å². The Bertz CT molecular complexity index is 474. The number of aromatic nitrogens is 2. The summed E-state index contributed by atoms with van der Waals surface area (Å²) in [7, 11) is 0. The minimum absolute atomic E-state index is 0.0206. The summed E-state index contributed by atoms with van der Waals surface area (Å²) in [4.78, 5) is 34.2. The molecule has 17 heavy (non-hydrogen) atoms. The molecule has 0 fully saturated rings. The lowest BCUT2D eigenvalue weighted by molar-refractivity contribution is -0.137. The fraction of sp³-hybridized carbons (Fsp3) is 0.200. The maximum atomic E-state index is 11.8. The summed E-state index contributed by atoms with van der Waals surface area (Å²) in [6, 6.07) is 2.38. The predicted molar refractivity (Wildman–Crippen MR) is 58.6 cm³/mol. The summed E-state index contributed by atoms with van der Waals surface area (Å²) < 4.78 is 0. The van der Waals surface area contributed by atoms with E-state index in [1.165, 1.54) is 12.1 Å². The SMILES string of the molecule is C=CCN(CC(=O)O)C(=O)c1ccc(=O)[nH]n1. The first-order valence-electron chi connectivity index (χ1n) is 4.72. The highest BCUT2D eigenvalue weighted by Gasteiger charge is 2.18. The molecule has 0 bridgehead atoms. The van der Waals surface area contributed by atoms with Crippen LogP contribution in [-0.4, -0.2) is 45.2 Å². The summed E-state index contributed by atoms with van der Waals surface area (Å²) >= 11 is 0. The van der Waals surface area contributed by atoms with E-state index >= 15 is 0 Å². The normalized spacial score (nSPS) is 9.65. The average Bonchev–Trinajstić information content (AvgIpc) is 2.28. The molecule has 0 aliphatic carbocycles. The van der Waals surface area contributed by atoms with Gasteiger partial charge in [-0.05, 0) is 6.07 Å². The number of carbonyl (C=O) groups excluding carboxylic acids is 1. The number of nitrogens with zero attached hydrogens (tertiary/aromatic N) is 2. The fourth-order valence-corrected chi connectivity index (χ4v) is 1.16. The van der Waals surface area contributed by atoms with Crippen molar-refractivity contribution in [1.82, 2.24) is 15.1 Å². The van der Waals surface area contributed by atoms with Gasteiger partial charge in [-0.1, -0.05) is 6.08 Å². The first-order valence-corrected chi connectivity index (χ1v) is 4.72. The Hall–Kier alpha value is -2.44. The van der Waals surface area contributed by atoms with Gasteiger partial charge >= 0.3 is 5.97 Å². The molecule has 1 rings (SSSR count). The van der Waals surface area contributed by atoms with Gasteiger partial charge in [0, 0.05) is 12.6 Å². The molecule has 90 valence electrons. The van der Waals surface area contributed by atoms with Crippen molar-refractivity contribution in [2.75, 3.05) is 13.1 Å². The third-order valence-corrected chi connectivity index (χ3v) is 1.86. The molecule has 1 aromatic heterocycles. The predicted octanol–water partition coefficient (Wildman–Crippen LogP) is -0.517. The number of aromatic amines is 1. The van der Waals surface area contributed by atoms with Crippen molar-refractivity contribution in [3.63, 3.8) is 0 Å². The van der Waals surface area contributed by atoms with Gasteiger partial charge in [0.2, 0.25) is 0 Å². The summed E-state index contributed by atoms with van der Waals surface area (Å²) in [5.41, 5.74) is -0.456. The first kappa shape index (κ1) is 12.6. The Balaban J connectivity index is 2.90. The molecule has 0 unspecified atom stereocenters. The zero-order chi connectivity index (χ0) is 12.8. The second-order valence-corrected chi connectivity index (χ2v) is 3.17. The molecular weight excluding hydrogens is 226 g/mol. The second-order valence-electron chi connectivity index (χ2n) is 3.17. The van der Waals surface area contributed by atoms with Crippen molar-refractivity contribution in [1.29, 1.82) is 0 Å². The molecule has 7 heteroatoms. The number of amides is 1. The van der Waals surface area contributed by atoms with Gasteiger partial charge < -0.3 is 10.0 Å². The largest absolute Gasteiger partial charge is 0.480 e. The van der Waals surface area contributed by atoms with E-state index in [-0.39, 0.29) is 12.2 Å². The quantitative estimate of drug-likeness (QED) is 0.671. The van der Waals surface area contributed by atoms with Crippen molar-refractivity contribution in [3.8, 4) is 0 Å².